The molecule has 7 heteroatoms. The lowest BCUT2D eigenvalue weighted by Gasteiger charge is -2.10. The molecule has 0 rings (SSSR count). The van der Waals surface area contributed by atoms with Crippen LogP contribution in [0.3, 0.4) is 0 Å². The number of aliphatic carboxylic acids is 1. The highest BCUT2D eigenvalue weighted by molar-refractivity contribution is 8.00. The molecule has 0 aromatic rings. The van der Waals surface area contributed by atoms with Gasteiger partial charge in [0.05, 0.1) is 12.4 Å². The Kier molecular flexibility index (Phi) is 9.22. The van der Waals surface area contributed by atoms with Gasteiger partial charge in [0.2, 0.25) is 6.41 Å². The van der Waals surface area contributed by atoms with Crippen LogP contribution in [0.25, 0.3) is 0 Å². The van der Waals surface area contributed by atoms with E-state index < -0.39 is 12.0 Å². The Balaban J connectivity index is 3.69. The number of carboxylic acid groups (broad SMARTS) is 1. The molecule has 0 spiro atoms. The Bertz CT molecular complexity index is 259. The van der Waals surface area contributed by atoms with Crippen molar-refractivity contribution >= 4 is 30.1 Å². The lowest BCUT2D eigenvalue weighted by molar-refractivity contribution is -0.141. The van der Waals surface area contributed by atoms with Gasteiger partial charge in [-0.05, 0) is 6.42 Å². The molecule has 0 saturated heterocycles. The van der Waals surface area contributed by atoms with Gasteiger partial charge in [-0.3, -0.25) is 9.59 Å². The van der Waals surface area contributed by atoms with Gasteiger partial charge < -0.3 is 15.2 Å². The Morgan fingerprint density at radius 3 is 2.76 bits per heavy atom. The first-order chi connectivity index (χ1) is 8.11. The number of hydrogen-bond acceptors (Lipinski definition) is 5. The monoisotopic (exact) mass is 263 g/mol. The van der Waals surface area contributed by atoms with E-state index in [1.807, 2.05) is 6.92 Å². The van der Waals surface area contributed by atoms with Crippen molar-refractivity contribution in [3.8, 4) is 0 Å². The molecular weight excluding hydrogens is 246 g/mol. The van der Waals surface area contributed by atoms with Crippen LogP contribution in [0.15, 0.2) is 0 Å². The predicted octanol–water partition coefficient (Wildman–Crippen LogP) is 0.262. The second kappa shape index (κ2) is 9.95. The molecule has 98 valence electrons. The van der Waals surface area contributed by atoms with Crippen LogP contribution >= 0.6 is 11.8 Å². The van der Waals surface area contributed by atoms with Gasteiger partial charge in [0.1, 0.15) is 6.04 Å². The molecule has 1 unspecified atom stereocenters. The molecule has 0 aliphatic carbocycles. The molecule has 1 amide bonds. The van der Waals surface area contributed by atoms with E-state index in [0.29, 0.717) is 13.0 Å². The fourth-order valence-electron chi connectivity index (χ4n) is 0.905. The topological polar surface area (TPSA) is 92.7 Å². The van der Waals surface area contributed by atoms with Gasteiger partial charge in [-0.15, -0.1) is 11.8 Å². The van der Waals surface area contributed by atoms with Crippen molar-refractivity contribution in [1.29, 1.82) is 0 Å². The number of carboxylic acids is 1. The van der Waals surface area contributed by atoms with Crippen molar-refractivity contribution in [3.63, 3.8) is 0 Å². The van der Waals surface area contributed by atoms with E-state index in [1.54, 1.807) is 0 Å². The van der Waals surface area contributed by atoms with Crippen molar-refractivity contribution in [3.05, 3.63) is 0 Å². The van der Waals surface area contributed by atoms with E-state index in [-0.39, 0.29) is 17.5 Å². The van der Waals surface area contributed by atoms with Crippen LogP contribution in [-0.4, -0.2) is 47.6 Å². The summed E-state index contributed by atoms with van der Waals surface area (Å²) in [7, 11) is 0. The number of carbonyl (C=O) groups excluding carboxylic acids is 2. The number of rotatable bonds is 10. The molecule has 17 heavy (non-hydrogen) atoms. The largest absolute Gasteiger partial charge is 0.480 e. The predicted molar refractivity (Wildman–Crippen MR) is 63.8 cm³/mol. The SMILES string of the molecule is CCCCOC(=O)CSCC(NC=O)C(=O)O. The summed E-state index contributed by atoms with van der Waals surface area (Å²) in [5.41, 5.74) is 0. The van der Waals surface area contributed by atoms with Crippen LogP contribution in [0.1, 0.15) is 19.8 Å². The van der Waals surface area contributed by atoms with Crippen molar-refractivity contribution in [2.45, 2.75) is 25.8 Å². The molecule has 6 nitrogen and oxygen atoms in total. The third kappa shape index (κ3) is 8.56. The van der Waals surface area contributed by atoms with Crippen molar-refractivity contribution in [2.24, 2.45) is 0 Å². The summed E-state index contributed by atoms with van der Waals surface area (Å²) in [4.78, 5) is 31.9. The number of esters is 1. The normalized spacial score (nSPS) is 11.6. The standard InChI is InChI=1S/C10H17NO5S/c1-2-3-4-16-9(13)6-17-5-8(10(14)15)11-7-12/h7-8H,2-6H2,1H3,(H,11,12)(H,14,15). The average Bonchev–Trinajstić information content (AvgIpc) is 2.28. The van der Waals surface area contributed by atoms with Gasteiger partial charge in [0.25, 0.3) is 0 Å². The number of amides is 1. The second-order valence-corrected chi connectivity index (χ2v) is 4.29. The minimum absolute atomic E-state index is 0.0913. The van der Waals surface area contributed by atoms with Gasteiger partial charge in [0, 0.05) is 5.75 Å². The number of ether oxygens (including phenoxy) is 1. The van der Waals surface area contributed by atoms with Crippen LogP contribution in [-0.2, 0) is 19.1 Å². The lowest BCUT2D eigenvalue weighted by atomic mass is 10.3. The quantitative estimate of drug-likeness (QED) is 0.334. The Morgan fingerprint density at radius 1 is 1.53 bits per heavy atom. The molecule has 0 heterocycles. The third-order valence-electron chi connectivity index (χ3n) is 1.83. The van der Waals surface area contributed by atoms with Crippen molar-refractivity contribution in [2.75, 3.05) is 18.1 Å². The molecule has 0 aliphatic heterocycles. The first kappa shape index (κ1) is 15.8. The van der Waals surface area contributed by atoms with Crippen molar-refractivity contribution in [1.82, 2.24) is 5.32 Å². The summed E-state index contributed by atoms with van der Waals surface area (Å²) < 4.78 is 4.89. The smallest absolute Gasteiger partial charge is 0.327 e. The van der Waals surface area contributed by atoms with Crippen LogP contribution < -0.4 is 5.32 Å². The summed E-state index contributed by atoms with van der Waals surface area (Å²) in [6, 6.07) is -0.971. The first-order valence-electron chi connectivity index (χ1n) is 5.27. The van der Waals surface area contributed by atoms with E-state index in [9.17, 15) is 14.4 Å². The Labute approximate surface area is 104 Å². The molecule has 0 aromatic heterocycles. The average molecular weight is 263 g/mol. The van der Waals surface area contributed by atoms with Crippen LogP contribution in [0.5, 0.6) is 0 Å². The number of hydrogen-bond donors (Lipinski definition) is 2. The van der Waals surface area contributed by atoms with E-state index in [4.69, 9.17) is 9.84 Å². The first-order valence-corrected chi connectivity index (χ1v) is 6.43. The Morgan fingerprint density at radius 2 is 2.24 bits per heavy atom. The molecule has 0 aliphatic rings. The maximum atomic E-state index is 11.1. The van der Waals surface area contributed by atoms with Crippen LogP contribution in [0, 0.1) is 0 Å². The van der Waals surface area contributed by atoms with Gasteiger partial charge in [-0.25, -0.2) is 4.79 Å². The van der Waals surface area contributed by atoms with E-state index in [2.05, 4.69) is 5.32 Å². The van der Waals surface area contributed by atoms with E-state index in [0.717, 1.165) is 24.6 Å². The summed E-state index contributed by atoms with van der Waals surface area (Å²) in [5, 5.41) is 10.8. The third-order valence-corrected chi connectivity index (χ3v) is 2.84. The minimum atomic E-state index is -1.12. The fourth-order valence-corrected chi connectivity index (χ4v) is 1.75. The molecule has 0 bridgehead atoms. The molecule has 0 saturated carbocycles. The zero-order valence-electron chi connectivity index (χ0n) is 9.68. The van der Waals surface area contributed by atoms with Gasteiger partial charge in [0.15, 0.2) is 0 Å². The van der Waals surface area contributed by atoms with Crippen molar-refractivity contribution < 1.29 is 24.2 Å². The van der Waals surface area contributed by atoms with Gasteiger partial charge in [-0.1, -0.05) is 13.3 Å². The highest BCUT2D eigenvalue weighted by Gasteiger charge is 2.16. The molecule has 0 radical (unpaired) electrons. The molecule has 1 atom stereocenters. The van der Waals surface area contributed by atoms with Gasteiger partial charge in [-0.2, -0.15) is 0 Å². The maximum absolute atomic E-state index is 11.1. The number of thioether (sulfide) groups is 1. The number of unbranched alkanes of at least 4 members (excludes halogenated alkanes) is 1. The second-order valence-electron chi connectivity index (χ2n) is 3.26. The molecule has 0 aromatic carbocycles. The Hall–Kier alpha value is -1.24. The highest BCUT2D eigenvalue weighted by Crippen LogP contribution is 2.04. The molecule has 2 N–H and O–H groups in total. The van der Waals surface area contributed by atoms with E-state index >= 15 is 0 Å². The zero-order valence-corrected chi connectivity index (χ0v) is 10.5. The highest BCUT2D eigenvalue weighted by atomic mass is 32.2. The number of carbonyl (C=O) groups is 3. The molecular formula is C10H17NO5S. The molecule has 0 fully saturated rings. The fraction of sp³-hybridized carbons (Fsp3) is 0.700. The lowest BCUT2D eigenvalue weighted by Crippen LogP contribution is -2.38. The minimum Gasteiger partial charge on any atom is -0.480 e. The van der Waals surface area contributed by atoms with Gasteiger partial charge >= 0.3 is 11.9 Å². The van der Waals surface area contributed by atoms with Crippen LogP contribution in [0.4, 0.5) is 0 Å². The zero-order chi connectivity index (χ0) is 13.1. The maximum Gasteiger partial charge on any atom is 0.327 e. The number of nitrogens with one attached hydrogen (secondary N) is 1. The van der Waals surface area contributed by atoms with E-state index in [1.165, 1.54) is 0 Å². The summed E-state index contributed by atoms with van der Waals surface area (Å²) in [5.74, 6) is -1.26. The summed E-state index contributed by atoms with van der Waals surface area (Å²) >= 11 is 1.12. The van der Waals surface area contributed by atoms with Crippen LogP contribution in [0.2, 0.25) is 0 Å². The summed E-state index contributed by atoms with van der Waals surface area (Å²) in [6.45, 7) is 2.38. The summed E-state index contributed by atoms with van der Waals surface area (Å²) in [6.07, 6.45) is 2.10.